The van der Waals surface area contributed by atoms with Gasteiger partial charge in [-0.05, 0) is 44.2 Å². The number of carbonyl (C=O) groups is 2. The number of para-hydroxylation sites is 1. The summed E-state index contributed by atoms with van der Waals surface area (Å²) >= 11 is 11.9. The van der Waals surface area contributed by atoms with Gasteiger partial charge in [0, 0.05) is 5.02 Å². The van der Waals surface area contributed by atoms with Gasteiger partial charge in [0.15, 0.2) is 0 Å². The molecule has 0 bridgehead atoms. The van der Waals surface area contributed by atoms with Crippen LogP contribution in [0, 0.1) is 13.8 Å². The largest absolute Gasteiger partial charge is 0.318 e. The lowest BCUT2D eigenvalue weighted by molar-refractivity contribution is -0.112. The Morgan fingerprint density at radius 2 is 1.73 bits per heavy atom. The summed E-state index contributed by atoms with van der Waals surface area (Å²) in [6.45, 7) is 3.44. The molecule has 0 saturated carbocycles. The van der Waals surface area contributed by atoms with Gasteiger partial charge in [0.25, 0.3) is 11.7 Å². The molecule has 0 aliphatic rings. The number of hydrogen-bond acceptors (Lipinski definition) is 3. The molecule has 0 aliphatic heterocycles. The summed E-state index contributed by atoms with van der Waals surface area (Å²) in [6.07, 6.45) is 0. The fourth-order valence-corrected chi connectivity index (χ4v) is 3.01. The number of hydrogen-bond donors (Lipinski definition) is 1. The third-order valence-electron chi connectivity index (χ3n) is 3.90. The highest BCUT2D eigenvalue weighted by atomic mass is 35.5. The van der Waals surface area contributed by atoms with E-state index in [4.69, 9.17) is 23.2 Å². The van der Waals surface area contributed by atoms with Crippen molar-refractivity contribution in [2.24, 2.45) is 0 Å². The molecule has 5 nitrogen and oxygen atoms in total. The fourth-order valence-electron chi connectivity index (χ4n) is 2.68. The lowest BCUT2D eigenvalue weighted by Gasteiger charge is -2.08. The van der Waals surface area contributed by atoms with Gasteiger partial charge in [-0.25, -0.2) is 4.68 Å². The van der Waals surface area contributed by atoms with Crippen LogP contribution >= 0.6 is 23.2 Å². The van der Waals surface area contributed by atoms with Crippen molar-refractivity contribution in [3.8, 4) is 5.69 Å². The third-order valence-corrected chi connectivity index (χ3v) is 4.47. The zero-order valence-electron chi connectivity index (χ0n) is 14.1. The Hall–Kier alpha value is -2.63. The van der Waals surface area contributed by atoms with Crippen LogP contribution in [-0.2, 0) is 4.79 Å². The van der Waals surface area contributed by atoms with E-state index < -0.39 is 11.7 Å². The first-order valence-electron chi connectivity index (χ1n) is 7.81. The van der Waals surface area contributed by atoms with Gasteiger partial charge in [-0.15, -0.1) is 0 Å². The van der Waals surface area contributed by atoms with E-state index in [0.29, 0.717) is 21.4 Å². The molecule has 3 aromatic rings. The van der Waals surface area contributed by atoms with Crippen molar-refractivity contribution < 1.29 is 9.59 Å². The molecule has 0 unspecified atom stereocenters. The Bertz CT molecular complexity index is 998. The fraction of sp³-hybridized carbons (Fsp3) is 0.105. The molecule has 132 valence electrons. The highest BCUT2D eigenvalue weighted by Crippen LogP contribution is 2.26. The number of halogens is 2. The van der Waals surface area contributed by atoms with Gasteiger partial charge < -0.3 is 5.32 Å². The monoisotopic (exact) mass is 387 g/mol. The normalized spacial score (nSPS) is 10.6. The second kappa shape index (κ2) is 7.32. The van der Waals surface area contributed by atoms with Crippen molar-refractivity contribution in [3.63, 3.8) is 0 Å². The number of ketones is 1. The zero-order valence-corrected chi connectivity index (χ0v) is 15.6. The van der Waals surface area contributed by atoms with Crippen LogP contribution in [0.2, 0.25) is 10.0 Å². The minimum absolute atomic E-state index is 0.268. The highest BCUT2D eigenvalue weighted by Gasteiger charge is 2.25. The average Bonchev–Trinajstić information content (AvgIpc) is 2.92. The van der Waals surface area contributed by atoms with Gasteiger partial charge in [0.1, 0.15) is 0 Å². The summed E-state index contributed by atoms with van der Waals surface area (Å²) < 4.78 is 1.64. The quantitative estimate of drug-likeness (QED) is 0.524. The van der Waals surface area contributed by atoms with Crippen molar-refractivity contribution in [2.75, 3.05) is 5.32 Å². The Morgan fingerprint density at radius 3 is 2.42 bits per heavy atom. The molecular formula is C19H15Cl2N3O2. The molecular weight excluding hydrogens is 373 g/mol. The second-order valence-electron chi connectivity index (χ2n) is 5.70. The molecule has 0 radical (unpaired) electrons. The summed E-state index contributed by atoms with van der Waals surface area (Å²) in [6, 6.07) is 14.0. The van der Waals surface area contributed by atoms with E-state index >= 15 is 0 Å². The van der Waals surface area contributed by atoms with E-state index in [0.717, 1.165) is 5.69 Å². The van der Waals surface area contributed by atoms with Crippen molar-refractivity contribution >= 4 is 40.6 Å². The summed E-state index contributed by atoms with van der Waals surface area (Å²) in [7, 11) is 0. The van der Waals surface area contributed by atoms with Crippen molar-refractivity contribution in [3.05, 3.63) is 75.5 Å². The van der Waals surface area contributed by atoms with Crippen LogP contribution in [-0.4, -0.2) is 21.5 Å². The molecule has 0 fully saturated rings. The number of benzene rings is 2. The van der Waals surface area contributed by atoms with E-state index in [9.17, 15) is 9.59 Å². The molecule has 1 aromatic heterocycles. The summed E-state index contributed by atoms with van der Waals surface area (Å²) in [5, 5.41) is 7.60. The maximum Gasteiger partial charge on any atom is 0.296 e. The van der Waals surface area contributed by atoms with Crippen molar-refractivity contribution in [2.45, 2.75) is 13.8 Å². The Kier molecular flexibility index (Phi) is 5.11. The zero-order chi connectivity index (χ0) is 18.8. The van der Waals surface area contributed by atoms with Gasteiger partial charge in [0.05, 0.1) is 33.3 Å². The second-order valence-corrected chi connectivity index (χ2v) is 6.54. The molecule has 7 heteroatoms. The minimum atomic E-state index is -0.798. The van der Waals surface area contributed by atoms with Crippen LogP contribution < -0.4 is 5.32 Å². The average molecular weight is 388 g/mol. The first kappa shape index (κ1) is 18.2. The van der Waals surface area contributed by atoms with Crippen LogP contribution in [0.15, 0.2) is 48.5 Å². The molecule has 0 atom stereocenters. The number of amides is 1. The predicted molar refractivity (Wildman–Crippen MR) is 102 cm³/mol. The molecule has 26 heavy (non-hydrogen) atoms. The van der Waals surface area contributed by atoms with Crippen LogP contribution in [0.5, 0.6) is 0 Å². The van der Waals surface area contributed by atoms with Crippen LogP contribution in [0.1, 0.15) is 21.7 Å². The smallest absolute Gasteiger partial charge is 0.296 e. The third kappa shape index (κ3) is 3.49. The molecule has 1 amide bonds. The van der Waals surface area contributed by atoms with E-state index in [-0.39, 0.29) is 11.3 Å². The van der Waals surface area contributed by atoms with Gasteiger partial charge >= 0.3 is 0 Å². The number of anilines is 1. The molecule has 2 aromatic carbocycles. The van der Waals surface area contributed by atoms with Crippen molar-refractivity contribution in [1.82, 2.24) is 9.78 Å². The summed E-state index contributed by atoms with van der Waals surface area (Å²) in [5.74, 6) is -1.48. The molecule has 0 spiro atoms. The standard InChI is InChI=1S/C19H15Cl2N3O2/c1-11-17(12(2)24(23-11)14-6-4-3-5-7-14)18(25)19(26)22-16-10-13(20)8-9-15(16)21/h3-10H,1-2H3,(H,22,26). The lowest BCUT2D eigenvalue weighted by Crippen LogP contribution is -2.24. The Balaban J connectivity index is 1.92. The number of aromatic nitrogens is 2. The van der Waals surface area contributed by atoms with Gasteiger partial charge in [-0.2, -0.15) is 5.10 Å². The van der Waals surface area contributed by atoms with E-state index in [1.807, 2.05) is 30.3 Å². The number of carbonyl (C=O) groups excluding carboxylic acids is 2. The van der Waals surface area contributed by atoms with Crippen molar-refractivity contribution in [1.29, 1.82) is 0 Å². The topological polar surface area (TPSA) is 64.0 Å². The number of nitrogens with zero attached hydrogens (tertiary/aromatic N) is 2. The number of Topliss-reactive ketones (excluding diaryl/α,β-unsaturated/α-hetero) is 1. The van der Waals surface area contributed by atoms with Crippen LogP contribution in [0.3, 0.4) is 0 Å². The first-order valence-corrected chi connectivity index (χ1v) is 8.56. The molecule has 1 N–H and O–H groups in total. The van der Waals surface area contributed by atoms with Crippen LogP contribution in [0.25, 0.3) is 5.69 Å². The number of rotatable bonds is 4. The summed E-state index contributed by atoms with van der Waals surface area (Å²) in [4.78, 5) is 25.1. The number of nitrogens with one attached hydrogen (secondary N) is 1. The Morgan fingerprint density at radius 1 is 1.04 bits per heavy atom. The lowest BCUT2D eigenvalue weighted by atomic mass is 10.1. The first-order chi connectivity index (χ1) is 12.4. The van der Waals surface area contributed by atoms with E-state index in [2.05, 4.69) is 10.4 Å². The Labute approximate surface area is 160 Å². The summed E-state index contributed by atoms with van der Waals surface area (Å²) in [5.41, 5.74) is 2.42. The minimum Gasteiger partial charge on any atom is -0.318 e. The highest BCUT2D eigenvalue weighted by molar-refractivity contribution is 6.48. The van der Waals surface area contributed by atoms with E-state index in [1.165, 1.54) is 6.07 Å². The van der Waals surface area contributed by atoms with Gasteiger partial charge in [0.2, 0.25) is 0 Å². The molecule has 0 aliphatic carbocycles. The predicted octanol–water partition coefficient (Wildman–Crippen LogP) is 4.62. The maximum atomic E-state index is 12.7. The SMILES string of the molecule is Cc1nn(-c2ccccc2)c(C)c1C(=O)C(=O)Nc1cc(Cl)ccc1Cl. The van der Waals surface area contributed by atoms with E-state index in [1.54, 1.807) is 30.7 Å². The molecule has 1 heterocycles. The molecule has 3 rings (SSSR count). The molecule has 0 saturated heterocycles. The maximum absolute atomic E-state index is 12.7. The van der Waals surface area contributed by atoms with Gasteiger partial charge in [-0.3, -0.25) is 9.59 Å². The number of aryl methyl sites for hydroxylation is 1. The van der Waals surface area contributed by atoms with Gasteiger partial charge in [-0.1, -0.05) is 41.4 Å². The van der Waals surface area contributed by atoms with Crippen LogP contribution in [0.4, 0.5) is 5.69 Å².